The number of carbonyl (C=O) groups is 1. The number of aliphatic hydroxyl groups excluding tert-OH is 1. The molecule has 1 amide bonds. The van der Waals surface area contributed by atoms with E-state index in [4.69, 9.17) is 4.74 Å². The largest absolute Gasteiger partial charge is 0.390 e. The Morgan fingerprint density at radius 2 is 2.10 bits per heavy atom. The van der Waals surface area contributed by atoms with Gasteiger partial charge in [0.15, 0.2) is 0 Å². The number of nitrogens with zero attached hydrogens (tertiary/aromatic N) is 1. The molecule has 1 saturated heterocycles. The molecular formula is C16H28N2O3. The van der Waals surface area contributed by atoms with Gasteiger partial charge in [0.1, 0.15) is 0 Å². The molecule has 0 aromatic carbocycles. The van der Waals surface area contributed by atoms with E-state index in [0.29, 0.717) is 13.1 Å². The maximum absolute atomic E-state index is 11.9. The SMILES string of the molecule is CC1CCC(=CC(=O)NCC(O)CN2CCOCC2)CC1. The first-order chi connectivity index (χ1) is 10.1. The van der Waals surface area contributed by atoms with E-state index in [9.17, 15) is 9.90 Å². The first-order valence-corrected chi connectivity index (χ1v) is 8.09. The van der Waals surface area contributed by atoms with Crippen LogP contribution in [0.5, 0.6) is 0 Å². The summed E-state index contributed by atoms with van der Waals surface area (Å²) in [5, 5.41) is 12.8. The van der Waals surface area contributed by atoms with Crippen molar-refractivity contribution >= 4 is 5.91 Å². The molecule has 5 heteroatoms. The third-order valence-corrected chi connectivity index (χ3v) is 4.34. The summed E-state index contributed by atoms with van der Waals surface area (Å²) >= 11 is 0. The molecule has 0 spiro atoms. The van der Waals surface area contributed by atoms with Gasteiger partial charge in [-0.3, -0.25) is 9.69 Å². The van der Waals surface area contributed by atoms with Crippen molar-refractivity contribution in [2.75, 3.05) is 39.4 Å². The van der Waals surface area contributed by atoms with Crippen LogP contribution in [-0.2, 0) is 9.53 Å². The first-order valence-electron chi connectivity index (χ1n) is 8.09. The maximum atomic E-state index is 11.9. The summed E-state index contributed by atoms with van der Waals surface area (Å²) in [4.78, 5) is 14.0. The molecule has 1 heterocycles. The van der Waals surface area contributed by atoms with E-state index in [-0.39, 0.29) is 5.91 Å². The maximum Gasteiger partial charge on any atom is 0.244 e. The number of aliphatic hydroxyl groups is 1. The quantitative estimate of drug-likeness (QED) is 0.741. The Morgan fingerprint density at radius 3 is 2.76 bits per heavy atom. The second kappa shape index (κ2) is 8.51. The highest BCUT2D eigenvalue weighted by Crippen LogP contribution is 2.27. The Balaban J connectivity index is 1.64. The van der Waals surface area contributed by atoms with Gasteiger partial charge in [0.2, 0.25) is 5.91 Å². The summed E-state index contributed by atoms with van der Waals surface area (Å²) in [6.45, 7) is 6.33. The molecule has 0 radical (unpaired) electrons. The molecule has 1 saturated carbocycles. The topological polar surface area (TPSA) is 61.8 Å². The molecule has 5 nitrogen and oxygen atoms in total. The fraction of sp³-hybridized carbons (Fsp3) is 0.812. The summed E-state index contributed by atoms with van der Waals surface area (Å²) < 4.78 is 5.27. The van der Waals surface area contributed by atoms with Crippen LogP contribution in [0.4, 0.5) is 0 Å². The van der Waals surface area contributed by atoms with Crippen molar-refractivity contribution in [1.82, 2.24) is 10.2 Å². The summed E-state index contributed by atoms with van der Waals surface area (Å²) in [7, 11) is 0. The third kappa shape index (κ3) is 6.16. The molecule has 1 atom stereocenters. The molecule has 2 rings (SSSR count). The number of rotatable bonds is 5. The zero-order chi connectivity index (χ0) is 15.1. The van der Waals surface area contributed by atoms with E-state index in [1.165, 1.54) is 18.4 Å². The Bertz CT molecular complexity index is 355. The van der Waals surface area contributed by atoms with Gasteiger partial charge in [-0.1, -0.05) is 12.5 Å². The minimum Gasteiger partial charge on any atom is -0.390 e. The summed E-state index contributed by atoms with van der Waals surface area (Å²) in [5.74, 6) is 0.709. The average Bonchev–Trinajstić information content (AvgIpc) is 2.49. The molecule has 2 N–H and O–H groups in total. The van der Waals surface area contributed by atoms with Crippen LogP contribution in [0.25, 0.3) is 0 Å². The molecule has 1 unspecified atom stereocenters. The van der Waals surface area contributed by atoms with Crippen molar-refractivity contribution in [3.8, 4) is 0 Å². The second-order valence-electron chi connectivity index (χ2n) is 6.30. The van der Waals surface area contributed by atoms with E-state index in [2.05, 4.69) is 17.1 Å². The monoisotopic (exact) mass is 296 g/mol. The zero-order valence-corrected chi connectivity index (χ0v) is 13.0. The Kier molecular flexibility index (Phi) is 6.67. The highest BCUT2D eigenvalue weighted by Gasteiger charge is 2.16. The van der Waals surface area contributed by atoms with Crippen LogP contribution in [0.1, 0.15) is 32.6 Å². The first kappa shape index (κ1) is 16.5. The van der Waals surface area contributed by atoms with Gasteiger partial charge in [-0.05, 0) is 31.6 Å². The van der Waals surface area contributed by atoms with Gasteiger partial charge >= 0.3 is 0 Å². The van der Waals surface area contributed by atoms with Crippen LogP contribution in [0.2, 0.25) is 0 Å². The molecule has 0 aromatic heterocycles. The predicted octanol–water partition coefficient (Wildman–Crippen LogP) is 0.932. The molecular weight excluding hydrogens is 268 g/mol. The molecule has 0 aromatic rings. The minimum atomic E-state index is -0.517. The van der Waals surface area contributed by atoms with E-state index in [1.54, 1.807) is 6.08 Å². The van der Waals surface area contributed by atoms with Crippen LogP contribution >= 0.6 is 0 Å². The van der Waals surface area contributed by atoms with Gasteiger partial charge in [0, 0.05) is 32.3 Å². The fourth-order valence-corrected chi connectivity index (χ4v) is 2.88. The predicted molar refractivity (Wildman–Crippen MR) is 82.0 cm³/mol. The number of amides is 1. The van der Waals surface area contributed by atoms with Gasteiger partial charge in [-0.15, -0.1) is 0 Å². The lowest BCUT2D eigenvalue weighted by atomic mass is 9.87. The number of ether oxygens (including phenoxy) is 1. The molecule has 0 bridgehead atoms. The van der Waals surface area contributed by atoms with Crippen molar-refractivity contribution in [3.05, 3.63) is 11.6 Å². The normalized spacial score (nSPS) is 25.4. The smallest absolute Gasteiger partial charge is 0.244 e. The highest BCUT2D eigenvalue weighted by atomic mass is 16.5. The average molecular weight is 296 g/mol. The number of allylic oxidation sites excluding steroid dienone is 1. The van der Waals surface area contributed by atoms with Gasteiger partial charge < -0.3 is 15.2 Å². The number of hydrogen-bond donors (Lipinski definition) is 2. The van der Waals surface area contributed by atoms with Crippen LogP contribution < -0.4 is 5.32 Å². The number of morpholine rings is 1. The van der Waals surface area contributed by atoms with Crippen LogP contribution in [0.15, 0.2) is 11.6 Å². The van der Waals surface area contributed by atoms with Crippen LogP contribution in [0.3, 0.4) is 0 Å². The number of nitrogens with one attached hydrogen (secondary N) is 1. The van der Waals surface area contributed by atoms with Gasteiger partial charge in [0.05, 0.1) is 19.3 Å². The van der Waals surface area contributed by atoms with E-state index >= 15 is 0 Å². The van der Waals surface area contributed by atoms with Crippen LogP contribution in [0, 0.1) is 5.92 Å². The zero-order valence-electron chi connectivity index (χ0n) is 13.0. The molecule has 21 heavy (non-hydrogen) atoms. The number of carbonyl (C=O) groups excluding carboxylic acids is 1. The van der Waals surface area contributed by atoms with Crippen LogP contribution in [-0.4, -0.2) is 61.4 Å². The third-order valence-electron chi connectivity index (χ3n) is 4.34. The highest BCUT2D eigenvalue weighted by molar-refractivity contribution is 5.88. The van der Waals surface area contributed by atoms with Crippen molar-refractivity contribution in [2.24, 2.45) is 5.92 Å². The van der Waals surface area contributed by atoms with Crippen molar-refractivity contribution < 1.29 is 14.6 Å². The lowest BCUT2D eigenvalue weighted by molar-refractivity contribution is -0.117. The minimum absolute atomic E-state index is 0.0689. The Hall–Kier alpha value is -0.910. The Labute approximate surface area is 127 Å². The van der Waals surface area contributed by atoms with Crippen molar-refractivity contribution in [2.45, 2.75) is 38.7 Å². The van der Waals surface area contributed by atoms with Gasteiger partial charge in [-0.25, -0.2) is 0 Å². The Morgan fingerprint density at radius 1 is 1.43 bits per heavy atom. The van der Waals surface area contributed by atoms with Crippen molar-refractivity contribution in [3.63, 3.8) is 0 Å². The fourth-order valence-electron chi connectivity index (χ4n) is 2.88. The molecule has 1 aliphatic heterocycles. The summed E-state index contributed by atoms with van der Waals surface area (Å²) in [6, 6.07) is 0. The van der Waals surface area contributed by atoms with E-state index < -0.39 is 6.10 Å². The van der Waals surface area contributed by atoms with Crippen molar-refractivity contribution in [1.29, 1.82) is 0 Å². The van der Waals surface area contributed by atoms with Gasteiger partial charge in [0.25, 0.3) is 0 Å². The van der Waals surface area contributed by atoms with Gasteiger partial charge in [-0.2, -0.15) is 0 Å². The number of β-amino-alcohol motifs (C(OH)–C–C–N with tert-alkyl or cyclic N) is 1. The molecule has 2 aliphatic rings. The summed E-state index contributed by atoms with van der Waals surface area (Å²) in [5.41, 5.74) is 1.24. The van der Waals surface area contributed by atoms with E-state index in [0.717, 1.165) is 45.1 Å². The standard InChI is InChI=1S/C16H28N2O3/c1-13-2-4-14(5-3-13)10-16(20)17-11-15(19)12-18-6-8-21-9-7-18/h10,13,15,19H,2-9,11-12H2,1H3,(H,17,20). The van der Waals surface area contributed by atoms with E-state index in [1.807, 2.05) is 0 Å². The molecule has 1 aliphatic carbocycles. The second-order valence-corrected chi connectivity index (χ2v) is 6.30. The molecule has 2 fully saturated rings. The summed E-state index contributed by atoms with van der Waals surface area (Å²) in [6.07, 6.45) is 5.64. The molecule has 120 valence electrons. The lowest BCUT2D eigenvalue weighted by Gasteiger charge is -2.28. The lowest BCUT2D eigenvalue weighted by Crippen LogP contribution is -2.44. The number of hydrogen-bond acceptors (Lipinski definition) is 4.